The van der Waals surface area contributed by atoms with Crippen molar-refractivity contribution in [3.8, 4) is 0 Å². The third-order valence-electron chi connectivity index (χ3n) is 4.46. The topological polar surface area (TPSA) is 64.9 Å². The van der Waals surface area contributed by atoms with Crippen molar-refractivity contribution >= 4 is 0 Å². The summed E-state index contributed by atoms with van der Waals surface area (Å²) in [7, 11) is 0. The second kappa shape index (κ2) is 4.77. The van der Waals surface area contributed by atoms with E-state index in [1.807, 2.05) is 0 Å². The fourth-order valence-corrected chi connectivity index (χ4v) is 3.39. The molecule has 0 saturated heterocycles. The van der Waals surface area contributed by atoms with Crippen LogP contribution in [0.1, 0.15) is 68.5 Å². The first kappa shape index (κ1) is 11.2. The third-order valence-corrected chi connectivity index (χ3v) is 4.46. The van der Waals surface area contributed by atoms with Crippen LogP contribution in [0.5, 0.6) is 0 Å². The summed E-state index contributed by atoms with van der Waals surface area (Å²) in [5.74, 6) is 3.31. The summed E-state index contributed by atoms with van der Waals surface area (Å²) >= 11 is 0. The molecule has 1 heterocycles. The Bertz CT molecular complexity index is 370. The van der Waals surface area contributed by atoms with Crippen molar-refractivity contribution in [2.45, 2.75) is 56.8 Å². The molecule has 2 N–H and O–H groups in total. The monoisotopic (exact) mass is 235 g/mol. The molecule has 0 aromatic carbocycles. The van der Waals surface area contributed by atoms with Crippen LogP contribution in [0.4, 0.5) is 0 Å². The van der Waals surface area contributed by atoms with E-state index < -0.39 is 0 Å². The van der Waals surface area contributed by atoms with Gasteiger partial charge in [-0.25, -0.2) is 0 Å². The van der Waals surface area contributed by atoms with Gasteiger partial charge < -0.3 is 10.3 Å². The van der Waals surface area contributed by atoms with Crippen molar-refractivity contribution in [3.63, 3.8) is 0 Å². The SMILES string of the molecule is NCC1CCCC1c1nc(C2CCCC2)no1. The van der Waals surface area contributed by atoms with Crippen molar-refractivity contribution in [2.24, 2.45) is 11.7 Å². The minimum atomic E-state index is 0.419. The third kappa shape index (κ3) is 2.10. The Balaban J connectivity index is 1.75. The lowest BCUT2D eigenvalue weighted by Gasteiger charge is -2.12. The molecule has 2 unspecified atom stereocenters. The fraction of sp³-hybridized carbons (Fsp3) is 0.846. The molecule has 2 aliphatic carbocycles. The standard InChI is InChI=1S/C13H21N3O/c14-8-10-6-3-7-11(10)13-15-12(16-17-13)9-4-1-2-5-9/h9-11H,1-8,14H2. The average Bonchev–Trinajstić information content (AvgIpc) is 3.09. The predicted molar refractivity (Wildman–Crippen MR) is 64.6 cm³/mol. The Morgan fingerprint density at radius 2 is 1.94 bits per heavy atom. The van der Waals surface area contributed by atoms with Gasteiger partial charge in [-0.15, -0.1) is 0 Å². The summed E-state index contributed by atoms with van der Waals surface area (Å²) in [4.78, 5) is 4.64. The number of hydrogen-bond donors (Lipinski definition) is 1. The number of hydrogen-bond acceptors (Lipinski definition) is 4. The molecule has 17 heavy (non-hydrogen) atoms. The van der Waals surface area contributed by atoms with Crippen LogP contribution in [0.15, 0.2) is 4.52 Å². The van der Waals surface area contributed by atoms with E-state index >= 15 is 0 Å². The van der Waals surface area contributed by atoms with Gasteiger partial charge in [-0.05, 0) is 38.1 Å². The second-order valence-electron chi connectivity index (χ2n) is 5.51. The van der Waals surface area contributed by atoms with E-state index in [9.17, 15) is 0 Å². The van der Waals surface area contributed by atoms with Gasteiger partial charge in [-0.2, -0.15) is 4.98 Å². The Kier molecular flexibility index (Phi) is 3.14. The second-order valence-corrected chi connectivity index (χ2v) is 5.51. The molecule has 4 nitrogen and oxygen atoms in total. The zero-order valence-electron chi connectivity index (χ0n) is 10.3. The lowest BCUT2D eigenvalue weighted by molar-refractivity contribution is 0.322. The molecule has 3 rings (SSSR count). The van der Waals surface area contributed by atoms with Crippen molar-refractivity contribution in [2.75, 3.05) is 6.54 Å². The van der Waals surface area contributed by atoms with Crippen LogP contribution in [-0.2, 0) is 0 Å². The van der Waals surface area contributed by atoms with Crippen LogP contribution in [0.25, 0.3) is 0 Å². The Labute approximate surface area is 102 Å². The highest BCUT2D eigenvalue weighted by atomic mass is 16.5. The van der Waals surface area contributed by atoms with E-state index in [0.29, 0.717) is 17.8 Å². The molecule has 2 atom stereocenters. The van der Waals surface area contributed by atoms with Crippen LogP contribution >= 0.6 is 0 Å². The maximum absolute atomic E-state index is 5.80. The molecule has 1 aromatic rings. The summed E-state index contributed by atoms with van der Waals surface area (Å²) < 4.78 is 5.48. The van der Waals surface area contributed by atoms with Crippen LogP contribution in [-0.4, -0.2) is 16.7 Å². The van der Waals surface area contributed by atoms with E-state index in [2.05, 4.69) is 10.1 Å². The highest BCUT2D eigenvalue weighted by molar-refractivity contribution is 5.04. The number of nitrogens with zero attached hydrogens (tertiary/aromatic N) is 2. The smallest absolute Gasteiger partial charge is 0.230 e. The molecule has 0 aliphatic heterocycles. The summed E-state index contributed by atoms with van der Waals surface area (Å²) in [5, 5.41) is 4.18. The quantitative estimate of drug-likeness (QED) is 0.874. The van der Waals surface area contributed by atoms with Gasteiger partial charge in [0.1, 0.15) is 0 Å². The van der Waals surface area contributed by atoms with Crippen molar-refractivity contribution in [1.29, 1.82) is 0 Å². The number of nitrogens with two attached hydrogens (primary N) is 1. The molecule has 0 radical (unpaired) electrons. The van der Waals surface area contributed by atoms with E-state index in [-0.39, 0.29) is 0 Å². The Morgan fingerprint density at radius 1 is 1.12 bits per heavy atom. The van der Waals surface area contributed by atoms with Crippen LogP contribution < -0.4 is 5.73 Å². The minimum absolute atomic E-state index is 0.419. The van der Waals surface area contributed by atoms with Crippen LogP contribution in [0.3, 0.4) is 0 Å². The first-order valence-corrected chi connectivity index (χ1v) is 6.92. The van der Waals surface area contributed by atoms with Gasteiger partial charge in [0.15, 0.2) is 5.82 Å². The largest absolute Gasteiger partial charge is 0.339 e. The summed E-state index contributed by atoms with van der Waals surface area (Å²) in [6.45, 7) is 0.742. The Hall–Kier alpha value is -0.900. The van der Waals surface area contributed by atoms with Crippen molar-refractivity contribution in [3.05, 3.63) is 11.7 Å². The zero-order valence-corrected chi connectivity index (χ0v) is 10.3. The van der Waals surface area contributed by atoms with Crippen LogP contribution in [0, 0.1) is 5.92 Å². The minimum Gasteiger partial charge on any atom is -0.339 e. The molecule has 0 amide bonds. The van der Waals surface area contributed by atoms with Gasteiger partial charge in [0.25, 0.3) is 0 Å². The maximum atomic E-state index is 5.80. The summed E-state index contributed by atoms with van der Waals surface area (Å²) in [6, 6.07) is 0. The van der Waals surface area contributed by atoms with Crippen molar-refractivity contribution in [1.82, 2.24) is 10.1 Å². The summed E-state index contributed by atoms with van der Waals surface area (Å²) in [5.41, 5.74) is 5.80. The molecule has 0 bridgehead atoms. The van der Waals surface area contributed by atoms with Gasteiger partial charge in [0, 0.05) is 11.8 Å². The summed E-state index contributed by atoms with van der Waals surface area (Å²) in [6.07, 6.45) is 8.69. The molecular formula is C13H21N3O. The highest BCUT2D eigenvalue weighted by Crippen LogP contribution is 2.39. The van der Waals surface area contributed by atoms with E-state index in [1.54, 1.807) is 0 Å². The van der Waals surface area contributed by atoms with E-state index in [1.165, 1.54) is 38.5 Å². The molecule has 2 aliphatic rings. The molecule has 2 saturated carbocycles. The van der Waals surface area contributed by atoms with Gasteiger partial charge in [0.2, 0.25) is 5.89 Å². The fourth-order valence-electron chi connectivity index (χ4n) is 3.39. The first-order chi connectivity index (χ1) is 8.38. The van der Waals surface area contributed by atoms with Crippen LogP contribution in [0.2, 0.25) is 0 Å². The Morgan fingerprint density at radius 3 is 2.71 bits per heavy atom. The molecule has 94 valence electrons. The van der Waals surface area contributed by atoms with Gasteiger partial charge >= 0.3 is 0 Å². The molecule has 4 heteroatoms. The van der Waals surface area contributed by atoms with Gasteiger partial charge in [-0.1, -0.05) is 24.4 Å². The first-order valence-electron chi connectivity index (χ1n) is 6.92. The lowest BCUT2D eigenvalue weighted by atomic mass is 9.96. The average molecular weight is 235 g/mol. The molecular weight excluding hydrogens is 214 g/mol. The predicted octanol–water partition coefficient (Wildman–Crippen LogP) is 2.57. The van der Waals surface area contributed by atoms with E-state index in [0.717, 1.165) is 24.7 Å². The number of rotatable bonds is 3. The van der Waals surface area contributed by atoms with E-state index in [4.69, 9.17) is 10.3 Å². The highest BCUT2D eigenvalue weighted by Gasteiger charge is 2.33. The van der Waals surface area contributed by atoms with Gasteiger partial charge in [0.05, 0.1) is 0 Å². The number of aromatic nitrogens is 2. The van der Waals surface area contributed by atoms with Gasteiger partial charge in [-0.3, -0.25) is 0 Å². The lowest BCUT2D eigenvalue weighted by Crippen LogP contribution is -2.17. The zero-order chi connectivity index (χ0) is 11.7. The maximum Gasteiger partial charge on any atom is 0.230 e. The normalized spacial score (nSPS) is 30.2. The molecule has 2 fully saturated rings. The van der Waals surface area contributed by atoms with Crippen molar-refractivity contribution < 1.29 is 4.52 Å². The molecule has 1 aromatic heterocycles. The molecule has 0 spiro atoms.